The van der Waals surface area contributed by atoms with E-state index in [-0.39, 0.29) is 12.5 Å². The van der Waals surface area contributed by atoms with Crippen LogP contribution in [-0.2, 0) is 11.3 Å². The summed E-state index contributed by atoms with van der Waals surface area (Å²) in [6, 6.07) is 18.5. The van der Waals surface area contributed by atoms with Gasteiger partial charge in [-0.25, -0.2) is 4.79 Å². The molecule has 4 rings (SSSR count). The molecule has 5 nitrogen and oxygen atoms in total. The minimum atomic E-state index is -0.422. The molecule has 0 unspecified atom stereocenters. The number of nitrogens with zero attached hydrogens (tertiary/aromatic N) is 2. The molecule has 1 heterocycles. The number of amides is 1. The standard InChI is InChI=1S/C23H16N2O3S/c1-3-12-25-19-11-10-18(22(27)28-2)14-20(19)29-23(25)24-21(26)17-9-8-15-6-4-5-7-16(15)13-17/h1,4-11,13-14H,12H2,2H3. The molecule has 0 aliphatic carbocycles. The molecule has 0 atom stereocenters. The monoisotopic (exact) mass is 400 g/mol. The second kappa shape index (κ2) is 7.74. The second-order valence-electron chi connectivity index (χ2n) is 6.33. The molecule has 0 aliphatic heterocycles. The number of ether oxygens (including phenoxy) is 1. The zero-order valence-electron chi connectivity index (χ0n) is 15.6. The molecule has 0 radical (unpaired) electrons. The predicted octanol–water partition coefficient (Wildman–Crippen LogP) is 4.02. The fourth-order valence-electron chi connectivity index (χ4n) is 3.12. The van der Waals surface area contributed by atoms with E-state index >= 15 is 0 Å². The van der Waals surface area contributed by atoms with Crippen LogP contribution in [0.5, 0.6) is 0 Å². The average molecular weight is 400 g/mol. The second-order valence-corrected chi connectivity index (χ2v) is 7.34. The molecule has 3 aromatic carbocycles. The SMILES string of the molecule is C#CCn1c(=NC(=O)c2ccc3ccccc3c2)sc2cc(C(=O)OC)ccc21. The molecular weight excluding hydrogens is 384 g/mol. The summed E-state index contributed by atoms with van der Waals surface area (Å²) in [5.74, 6) is 1.83. The Kier molecular flexibility index (Phi) is 4.98. The van der Waals surface area contributed by atoms with Gasteiger partial charge in [-0.05, 0) is 41.1 Å². The maximum atomic E-state index is 12.8. The highest BCUT2D eigenvalue weighted by molar-refractivity contribution is 7.16. The number of carbonyl (C=O) groups excluding carboxylic acids is 2. The predicted molar refractivity (Wildman–Crippen MR) is 114 cm³/mol. The van der Waals surface area contributed by atoms with Gasteiger partial charge in [-0.3, -0.25) is 4.79 Å². The largest absolute Gasteiger partial charge is 0.465 e. The Morgan fingerprint density at radius 2 is 1.83 bits per heavy atom. The Bertz CT molecular complexity index is 1370. The first-order valence-corrected chi connectivity index (χ1v) is 9.65. The summed E-state index contributed by atoms with van der Waals surface area (Å²) in [5, 5.41) is 2.03. The lowest BCUT2D eigenvalue weighted by atomic mass is 10.1. The van der Waals surface area contributed by atoms with E-state index in [1.54, 1.807) is 28.8 Å². The fraction of sp³-hybridized carbons (Fsp3) is 0.0870. The van der Waals surface area contributed by atoms with Crippen LogP contribution in [0.2, 0.25) is 0 Å². The molecule has 29 heavy (non-hydrogen) atoms. The van der Waals surface area contributed by atoms with Gasteiger partial charge in [-0.2, -0.15) is 4.99 Å². The quantitative estimate of drug-likeness (QED) is 0.386. The molecule has 0 fully saturated rings. The van der Waals surface area contributed by atoms with Crippen molar-refractivity contribution in [2.45, 2.75) is 6.54 Å². The van der Waals surface area contributed by atoms with Crippen LogP contribution in [-0.4, -0.2) is 23.6 Å². The molecule has 0 bridgehead atoms. The number of hydrogen-bond donors (Lipinski definition) is 0. The number of esters is 1. The van der Waals surface area contributed by atoms with Gasteiger partial charge >= 0.3 is 5.97 Å². The molecule has 1 aromatic heterocycles. The van der Waals surface area contributed by atoms with E-state index < -0.39 is 5.97 Å². The van der Waals surface area contributed by atoms with Gasteiger partial charge in [0.2, 0.25) is 0 Å². The van der Waals surface area contributed by atoms with E-state index in [9.17, 15) is 9.59 Å². The Balaban J connectivity index is 1.82. The number of rotatable bonds is 3. The number of hydrogen-bond acceptors (Lipinski definition) is 4. The first kappa shape index (κ1) is 18.7. The van der Waals surface area contributed by atoms with Crippen molar-refractivity contribution in [1.82, 2.24) is 4.57 Å². The van der Waals surface area contributed by atoms with Crippen LogP contribution in [0.4, 0.5) is 0 Å². The fourth-order valence-corrected chi connectivity index (χ4v) is 4.19. The lowest BCUT2D eigenvalue weighted by Gasteiger charge is -2.02. The van der Waals surface area contributed by atoms with E-state index in [2.05, 4.69) is 10.9 Å². The Labute approximate surface area is 170 Å². The molecule has 0 N–H and O–H groups in total. The number of aromatic nitrogens is 1. The van der Waals surface area contributed by atoms with Crippen LogP contribution >= 0.6 is 11.3 Å². The minimum Gasteiger partial charge on any atom is -0.465 e. The summed E-state index contributed by atoms with van der Waals surface area (Å²) in [6.07, 6.45) is 5.52. The lowest BCUT2D eigenvalue weighted by molar-refractivity contribution is 0.0601. The molecule has 0 saturated heterocycles. The van der Waals surface area contributed by atoms with Gasteiger partial charge in [0, 0.05) is 5.56 Å². The highest BCUT2D eigenvalue weighted by atomic mass is 32.1. The Morgan fingerprint density at radius 1 is 1.07 bits per heavy atom. The van der Waals surface area contributed by atoms with E-state index in [0.29, 0.717) is 15.9 Å². The topological polar surface area (TPSA) is 60.7 Å². The van der Waals surface area contributed by atoms with Crippen molar-refractivity contribution in [3.05, 3.63) is 76.6 Å². The molecule has 4 aromatic rings. The van der Waals surface area contributed by atoms with E-state index in [4.69, 9.17) is 11.2 Å². The van der Waals surface area contributed by atoms with Crippen LogP contribution in [0.3, 0.4) is 0 Å². The first-order chi connectivity index (χ1) is 14.1. The highest BCUT2D eigenvalue weighted by Crippen LogP contribution is 2.20. The van der Waals surface area contributed by atoms with Gasteiger partial charge in [0.1, 0.15) is 0 Å². The van der Waals surface area contributed by atoms with Gasteiger partial charge in [-0.1, -0.05) is 47.6 Å². The van der Waals surface area contributed by atoms with Gasteiger partial charge in [-0.15, -0.1) is 6.42 Å². The van der Waals surface area contributed by atoms with Crippen LogP contribution in [0, 0.1) is 12.3 Å². The van der Waals surface area contributed by atoms with Crippen molar-refractivity contribution < 1.29 is 14.3 Å². The first-order valence-electron chi connectivity index (χ1n) is 8.84. The maximum absolute atomic E-state index is 12.8. The van der Waals surface area contributed by atoms with Gasteiger partial charge in [0.25, 0.3) is 5.91 Å². The van der Waals surface area contributed by atoms with Crippen molar-refractivity contribution in [1.29, 1.82) is 0 Å². The maximum Gasteiger partial charge on any atom is 0.337 e. The molecular formula is C23H16N2O3S. The molecule has 0 spiro atoms. The molecule has 6 heteroatoms. The third kappa shape index (κ3) is 3.56. The molecule has 1 amide bonds. The van der Waals surface area contributed by atoms with Crippen LogP contribution in [0.15, 0.2) is 65.7 Å². The number of benzene rings is 3. The highest BCUT2D eigenvalue weighted by Gasteiger charge is 2.12. The zero-order valence-corrected chi connectivity index (χ0v) is 16.4. The van der Waals surface area contributed by atoms with Gasteiger partial charge < -0.3 is 9.30 Å². The summed E-state index contributed by atoms with van der Waals surface area (Å²) in [6.45, 7) is 0.265. The van der Waals surface area contributed by atoms with Crippen molar-refractivity contribution in [3.8, 4) is 12.3 Å². The minimum absolute atomic E-state index is 0.265. The summed E-state index contributed by atoms with van der Waals surface area (Å²) in [4.78, 5) is 29.4. The number of carbonyl (C=O) groups is 2. The number of thiazole rings is 1. The summed E-state index contributed by atoms with van der Waals surface area (Å²) in [7, 11) is 1.34. The summed E-state index contributed by atoms with van der Waals surface area (Å²) in [5.41, 5.74) is 1.75. The lowest BCUT2D eigenvalue weighted by Crippen LogP contribution is -2.16. The van der Waals surface area contributed by atoms with Crippen LogP contribution < -0.4 is 4.80 Å². The normalized spacial score (nSPS) is 11.5. The smallest absolute Gasteiger partial charge is 0.337 e. The zero-order chi connectivity index (χ0) is 20.4. The summed E-state index contributed by atoms with van der Waals surface area (Å²) < 4.78 is 7.37. The third-order valence-electron chi connectivity index (χ3n) is 4.55. The van der Waals surface area contributed by atoms with Crippen LogP contribution in [0.25, 0.3) is 21.0 Å². The molecule has 0 saturated carbocycles. The average Bonchev–Trinajstić information content (AvgIpc) is 3.09. The number of fused-ring (bicyclic) bond motifs is 2. The van der Waals surface area contributed by atoms with Crippen molar-refractivity contribution >= 4 is 44.2 Å². The van der Waals surface area contributed by atoms with E-state index in [0.717, 1.165) is 21.0 Å². The third-order valence-corrected chi connectivity index (χ3v) is 5.59. The van der Waals surface area contributed by atoms with Gasteiger partial charge in [0.15, 0.2) is 4.80 Å². The summed E-state index contributed by atoms with van der Waals surface area (Å²) >= 11 is 1.30. The Morgan fingerprint density at radius 3 is 2.59 bits per heavy atom. The van der Waals surface area contributed by atoms with E-state index in [1.165, 1.54) is 18.4 Å². The molecule has 0 aliphatic rings. The van der Waals surface area contributed by atoms with Crippen molar-refractivity contribution in [3.63, 3.8) is 0 Å². The van der Waals surface area contributed by atoms with Crippen molar-refractivity contribution in [2.24, 2.45) is 4.99 Å². The van der Waals surface area contributed by atoms with Crippen molar-refractivity contribution in [2.75, 3.05) is 7.11 Å². The number of terminal acetylenes is 1. The number of methoxy groups -OCH3 is 1. The van der Waals surface area contributed by atoms with Gasteiger partial charge in [0.05, 0.1) is 29.4 Å². The molecule has 142 valence electrons. The Hall–Kier alpha value is -3.69. The van der Waals surface area contributed by atoms with E-state index in [1.807, 2.05) is 36.4 Å². The van der Waals surface area contributed by atoms with Crippen LogP contribution in [0.1, 0.15) is 20.7 Å².